The molecule has 0 fully saturated rings. The molecule has 0 amide bonds. The predicted molar refractivity (Wildman–Crippen MR) is 81.1 cm³/mol. The Morgan fingerprint density at radius 1 is 1.33 bits per heavy atom. The first kappa shape index (κ1) is 12.5. The zero-order valence-electron chi connectivity index (χ0n) is 11.0. The lowest BCUT2D eigenvalue weighted by molar-refractivity contribution is 0.109. The fourth-order valence-corrected chi connectivity index (χ4v) is 3.15. The van der Waals surface area contributed by atoms with Crippen LogP contribution in [0.3, 0.4) is 0 Å². The quantitative estimate of drug-likeness (QED) is 0.758. The molecular formula is C14H12N4O2S. The van der Waals surface area contributed by atoms with Gasteiger partial charge in [0.15, 0.2) is 0 Å². The number of ether oxygens (including phenoxy) is 1. The first-order valence-electron chi connectivity index (χ1n) is 6.60. The lowest BCUT2D eigenvalue weighted by atomic mass is 10.1. The number of nitrogens with one attached hydrogen (secondary N) is 2. The van der Waals surface area contributed by atoms with Gasteiger partial charge in [-0.25, -0.2) is 9.97 Å². The second-order valence-corrected chi connectivity index (χ2v) is 5.82. The summed E-state index contributed by atoms with van der Waals surface area (Å²) < 4.78 is 6.43. The van der Waals surface area contributed by atoms with Crippen LogP contribution >= 0.6 is 11.3 Å². The van der Waals surface area contributed by atoms with E-state index in [4.69, 9.17) is 4.74 Å². The van der Waals surface area contributed by atoms with Gasteiger partial charge < -0.3 is 15.0 Å². The van der Waals surface area contributed by atoms with Crippen LogP contribution in [0.5, 0.6) is 0 Å². The number of benzene rings is 1. The highest BCUT2D eigenvalue weighted by Gasteiger charge is 2.16. The summed E-state index contributed by atoms with van der Waals surface area (Å²) in [7, 11) is 0. The fraction of sp³-hybridized carbons (Fsp3) is 0.214. The van der Waals surface area contributed by atoms with Crippen molar-refractivity contribution in [2.75, 3.05) is 11.9 Å². The van der Waals surface area contributed by atoms with Gasteiger partial charge in [0, 0.05) is 17.7 Å². The third kappa shape index (κ3) is 2.30. The molecule has 0 saturated heterocycles. The van der Waals surface area contributed by atoms with Crippen LogP contribution in [0.4, 0.5) is 11.5 Å². The van der Waals surface area contributed by atoms with Crippen LogP contribution < -0.4 is 10.2 Å². The third-order valence-electron chi connectivity index (χ3n) is 3.45. The maximum absolute atomic E-state index is 11.4. The Balaban J connectivity index is 1.72. The fourth-order valence-electron chi connectivity index (χ4n) is 2.43. The normalized spacial score (nSPS) is 14.1. The van der Waals surface area contributed by atoms with Crippen molar-refractivity contribution in [1.29, 1.82) is 0 Å². The molecule has 3 heterocycles. The summed E-state index contributed by atoms with van der Waals surface area (Å²) >= 11 is 1.21. The maximum atomic E-state index is 11.4. The summed E-state index contributed by atoms with van der Waals surface area (Å²) in [5.74, 6) is 0.761. The third-order valence-corrected chi connectivity index (χ3v) is 4.31. The van der Waals surface area contributed by atoms with Crippen LogP contribution in [0, 0.1) is 0 Å². The van der Waals surface area contributed by atoms with Gasteiger partial charge in [0.05, 0.1) is 29.1 Å². The van der Waals surface area contributed by atoms with Crippen molar-refractivity contribution >= 4 is 33.1 Å². The standard InChI is InChI=1S/C14H12N4O2S/c19-14-18-11-5-8(1-2-12(11)21-14)17-13-9-6-20-4-3-10(9)15-7-16-13/h1-2,5,7H,3-4,6H2,(H,18,19)(H,15,16,17). The monoisotopic (exact) mass is 300 g/mol. The number of thiazole rings is 1. The molecule has 3 aromatic rings. The van der Waals surface area contributed by atoms with Gasteiger partial charge in [-0.15, -0.1) is 0 Å². The van der Waals surface area contributed by atoms with E-state index in [1.807, 2.05) is 18.2 Å². The van der Waals surface area contributed by atoms with Gasteiger partial charge in [-0.2, -0.15) is 0 Å². The molecule has 0 radical (unpaired) electrons. The first-order valence-corrected chi connectivity index (χ1v) is 7.41. The molecule has 0 atom stereocenters. The minimum Gasteiger partial charge on any atom is -0.376 e. The van der Waals surface area contributed by atoms with E-state index in [1.54, 1.807) is 6.33 Å². The summed E-state index contributed by atoms with van der Waals surface area (Å²) in [6.45, 7) is 1.22. The predicted octanol–water partition coefficient (Wildman–Crippen LogP) is 2.20. The Hall–Kier alpha value is -2.25. The molecule has 0 saturated carbocycles. The maximum Gasteiger partial charge on any atom is 0.305 e. The average molecular weight is 300 g/mol. The van der Waals surface area contributed by atoms with Gasteiger partial charge in [0.2, 0.25) is 0 Å². The van der Waals surface area contributed by atoms with E-state index in [9.17, 15) is 4.79 Å². The number of fused-ring (bicyclic) bond motifs is 2. The van der Waals surface area contributed by atoms with Gasteiger partial charge in [0.25, 0.3) is 0 Å². The summed E-state index contributed by atoms with van der Waals surface area (Å²) in [5, 5.41) is 3.28. The van der Waals surface area contributed by atoms with Crippen molar-refractivity contribution in [2.45, 2.75) is 13.0 Å². The number of H-pyrrole nitrogens is 1. The molecule has 0 aliphatic carbocycles. The van der Waals surface area contributed by atoms with Gasteiger partial charge >= 0.3 is 4.87 Å². The summed E-state index contributed by atoms with van der Waals surface area (Å²) in [6.07, 6.45) is 2.38. The number of hydrogen-bond donors (Lipinski definition) is 2. The van der Waals surface area contributed by atoms with Crippen molar-refractivity contribution in [3.8, 4) is 0 Å². The van der Waals surface area contributed by atoms with Crippen LogP contribution in [0.2, 0.25) is 0 Å². The largest absolute Gasteiger partial charge is 0.376 e. The molecule has 6 nitrogen and oxygen atoms in total. The second-order valence-electron chi connectivity index (χ2n) is 4.80. The molecule has 0 spiro atoms. The van der Waals surface area contributed by atoms with Gasteiger partial charge in [-0.1, -0.05) is 11.3 Å². The number of rotatable bonds is 2. The van der Waals surface area contributed by atoms with Crippen molar-refractivity contribution < 1.29 is 4.74 Å². The lowest BCUT2D eigenvalue weighted by Gasteiger charge is -2.18. The van der Waals surface area contributed by atoms with E-state index in [-0.39, 0.29) is 4.87 Å². The Bertz CT molecular complexity index is 871. The molecule has 0 unspecified atom stereocenters. The second kappa shape index (κ2) is 4.94. The number of anilines is 2. The van der Waals surface area contributed by atoms with E-state index in [0.717, 1.165) is 39.4 Å². The summed E-state index contributed by atoms with van der Waals surface area (Å²) in [6, 6.07) is 5.76. The molecule has 2 N–H and O–H groups in total. The van der Waals surface area contributed by atoms with Gasteiger partial charge in [-0.3, -0.25) is 4.79 Å². The Labute approximate surface area is 123 Å². The molecular weight excluding hydrogens is 288 g/mol. The molecule has 1 aliphatic rings. The molecule has 4 rings (SSSR count). The average Bonchev–Trinajstić information content (AvgIpc) is 2.87. The van der Waals surface area contributed by atoms with E-state index >= 15 is 0 Å². The van der Waals surface area contributed by atoms with Crippen molar-refractivity contribution in [3.63, 3.8) is 0 Å². The molecule has 2 aromatic heterocycles. The Morgan fingerprint density at radius 2 is 2.29 bits per heavy atom. The zero-order chi connectivity index (χ0) is 14.2. The number of aromatic amines is 1. The minimum atomic E-state index is -0.0463. The van der Waals surface area contributed by atoms with Crippen molar-refractivity contribution in [1.82, 2.24) is 15.0 Å². The molecule has 1 aliphatic heterocycles. The van der Waals surface area contributed by atoms with E-state index in [1.165, 1.54) is 11.3 Å². The number of nitrogens with zero attached hydrogens (tertiary/aromatic N) is 2. The summed E-state index contributed by atoms with van der Waals surface area (Å²) in [5.41, 5.74) is 3.74. The van der Waals surface area contributed by atoms with Crippen molar-refractivity contribution in [2.24, 2.45) is 0 Å². The Morgan fingerprint density at radius 3 is 3.24 bits per heavy atom. The number of aromatic nitrogens is 3. The zero-order valence-corrected chi connectivity index (χ0v) is 11.9. The van der Waals surface area contributed by atoms with Gasteiger partial charge in [0.1, 0.15) is 12.1 Å². The molecule has 106 valence electrons. The summed E-state index contributed by atoms with van der Waals surface area (Å²) in [4.78, 5) is 22.7. The van der Waals surface area contributed by atoms with Crippen molar-refractivity contribution in [3.05, 3.63) is 45.5 Å². The molecule has 7 heteroatoms. The first-order chi connectivity index (χ1) is 10.3. The topological polar surface area (TPSA) is 79.9 Å². The van der Waals surface area contributed by atoms with Crippen LogP contribution in [0.15, 0.2) is 29.3 Å². The smallest absolute Gasteiger partial charge is 0.305 e. The van der Waals surface area contributed by atoms with Crippen LogP contribution in [0.1, 0.15) is 11.3 Å². The number of hydrogen-bond acceptors (Lipinski definition) is 6. The molecule has 21 heavy (non-hydrogen) atoms. The van der Waals surface area contributed by atoms with Crippen LogP contribution in [-0.4, -0.2) is 21.6 Å². The van der Waals surface area contributed by atoms with E-state index < -0.39 is 0 Å². The highest BCUT2D eigenvalue weighted by Crippen LogP contribution is 2.26. The van der Waals surface area contributed by atoms with Crippen LogP contribution in [0.25, 0.3) is 10.2 Å². The molecule has 1 aromatic carbocycles. The molecule has 0 bridgehead atoms. The SMILES string of the molecule is O=c1[nH]c2cc(Nc3ncnc4c3COCC4)ccc2s1. The van der Waals surface area contributed by atoms with Gasteiger partial charge in [-0.05, 0) is 18.2 Å². The van der Waals surface area contributed by atoms with E-state index in [0.29, 0.717) is 13.2 Å². The van der Waals surface area contributed by atoms with Crippen LogP contribution in [-0.2, 0) is 17.8 Å². The lowest BCUT2D eigenvalue weighted by Crippen LogP contribution is -2.14. The highest BCUT2D eigenvalue weighted by atomic mass is 32.1. The Kier molecular flexibility index (Phi) is 2.94. The highest BCUT2D eigenvalue weighted by molar-refractivity contribution is 7.16. The van der Waals surface area contributed by atoms with E-state index in [2.05, 4.69) is 20.3 Å². The minimum absolute atomic E-state index is 0.0463.